The number of carbonyl (C=O) groups is 1. The van der Waals surface area contributed by atoms with Crippen LogP contribution in [0.4, 0.5) is 0 Å². The van der Waals surface area contributed by atoms with Crippen LogP contribution in [0, 0.1) is 5.92 Å². The molecule has 8 heteroatoms. The molecule has 1 aliphatic heterocycles. The zero-order valence-electron chi connectivity index (χ0n) is 11.3. The molecule has 0 bridgehead atoms. The lowest BCUT2D eigenvalue weighted by Crippen LogP contribution is -2.47. The Morgan fingerprint density at radius 1 is 1.43 bits per heavy atom. The van der Waals surface area contributed by atoms with Crippen LogP contribution in [0.5, 0.6) is 0 Å². The van der Waals surface area contributed by atoms with Crippen molar-refractivity contribution in [1.29, 1.82) is 0 Å². The molecule has 0 amide bonds. The second kappa shape index (κ2) is 6.24. The summed E-state index contributed by atoms with van der Waals surface area (Å²) in [5.41, 5.74) is 0. The third-order valence-electron chi connectivity index (χ3n) is 3.65. The molecule has 5 nitrogen and oxygen atoms in total. The summed E-state index contributed by atoms with van der Waals surface area (Å²) < 4.78 is 27.2. The molecule has 116 valence electrons. The number of hydrogen-bond donors (Lipinski definition) is 1. The molecule has 2 rings (SSSR count). The standard InChI is InChI=1S/C13H15BrClNO4S/c1-8-2-3-9(13(17)18)7-16(8)21(19,20)12-6-10(15)4-5-11(12)14/h4-6,8-9H,2-3,7H2,1H3,(H,17,18). The number of carboxylic acids is 1. The van der Waals surface area contributed by atoms with Crippen molar-refractivity contribution in [3.63, 3.8) is 0 Å². The topological polar surface area (TPSA) is 74.7 Å². The van der Waals surface area contributed by atoms with Crippen molar-refractivity contribution in [2.75, 3.05) is 6.54 Å². The quantitative estimate of drug-likeness (QED) is 0.852. The minimum Gasteiger partial charge on any atom is -0.481 e. The van der Waals surface area contributed by atoms with Gasteiger partial charge in [-0.3, -0.25) is 4.79 Å². The highest BCUT2D eigenvalue weighted by Gasteiger charge is 2.38. The van der Waals surface area contributed by atoms with Crippen LogP contribution in [0.3, 0.4) is 0 Å². The molecule has 0 aliphatic carbocycles. The molecule has 2 unspecified atom stereocenters. The maximum atomic E-state index is 12.8. The molecule has 0 aromatic heterocycles. The van der Waals surface area contributed by atoms with Gasteiger partial charge in [0.1, 0.15) is 0 Å². The van der Waals surface area contributed by atoms with E-state index in [1.54, 1.807) is 19.1 Å². The van der Waals surface area contributed by atoms with Gasteiger partial charge in [0.15, 0.2) is 0 Å². The van der Waals surface area contributed by atoms with Crippen LogP contribution >= 0.6 is 27.5 Å². The second-order valence-corrected chi connectivity index (χ2v) is 8.26. The van der Waals surface area contributed by atoms with Crippen molar-refractivity contribution in [3.05, 3.63) is 27.7 Å². The Bertz CT molecular complexity index is 664. The van der Waals surface area contributed by atoms with Gasteiger partial charge >= 0.3 is 5.97 Å². The fraction of sp³-hybridized carbons (Fsp3) is 0.462. The number of piperidine rings is 1. The van der Waals surface area contributed by atoms with E-state index in [0.717, 1.165) is 0 Å². The predicted octanol–water partition coefficient (Wildman–Crippen LogP) is 2.98. The molecule has 1 N–H and O–H groups in total. The highest BCUT2D eigenvalue weighted by Crippen LogP contribution is 2.32. The van der Waals surface area contributed by atoms with E-state index in [9.17, 15) is 13.2 Å². The van der Waals surface area contributed by atoms with Crippen LogP contribution in [0.25, 0.3) is 0 Å². The molecule has 0 radical (unpaired) electrons. The van der Waals surface area contributed by atoms with Crippen molar-refractivity contribution < 1.29 is 18.3 Å². The van der Waals surface area contributed by atoms with Gasteiger partial charge in [0, 0.05) is 22.1 Å². The van der Waals surface area contributed by atoms with Gasteiger partial charge in [0.05, 0.1) is 10.8 Å². The SMILES string of the molecule is CC1CCC(C(=O)O)CN1S(=O)(=O)c1cc(Cl)ccc1Br. The van der Waals surface area contributed by atoms with Crippen molar-refractivity contribution in [2.24, 2.45) is 5.92 Å². The first-order chi connectivity index (χ1) is 9.73. The highest BCUT2D eigenvalue weighted by atomic mass is 79.9. The summed E-state index contributed by atoms with van der Waals surface area (Å²) in [5, 5.41) is 9.44. The van der Waals surface area contributed by atoms with Crippen LogP contribution in [0.1, 0.15) is 19.8 Å². The molecule has 1 fully saturated rings. The number of rotatable bonds is 3. The van der Waals surface area contributed by atoms with Gasteiger partial charge in [-0.25, -0.2) is 8.42 Å². The van der Waals surface area contributed by atoms with Gasteiger partial charge < -0.3 is 5.11 Å². The summed E-state index contributed by atoms with van der Waals surface area (Å²) in [6.45, 7) is 1.77. The van der Waals surface area contributed by atoms with E-state index in [0.29, 0.717) is 22.3 Å². The molecular formula is C13H15BrClNO4S. The zero-order chi connectivity index (χ0) is 15.8. The lowest BCUT2D eigenvalue weighted by atomic mass is 9.96. The first-order valence-electron chi connectivity index (χ1n) is 6.43. The summed E-state index contributed by atoms with van der Waals surface area (Å²) >= 11 is 9.10. The Balaban J connectivity index is 2.42. The highest BCUT2D eigenvalue weighted by molar-refractivity contribution is 9.10. The third-order valence-corrected chi connectivity index (χ3v) is 6.86. The number of hydrogen-bond acceptors (Lipinski definition) is 3. The maximum Gasteiger partial charge on any atom is 0.307 e. The lowest BCUT2D eigenvalue weighted by molar-refractivity contribution is -0.143. The Labute approximate surface area is 137 Å². The third kappa shape index (κ3) is 3.41. The van der Waals surface area contributed by atoms with Gasteiger partial charge in [-0.05, 0) is 53.9 Å². The molecule has 1 aromatic rings. The average molecular weight is 397 g/mol. The fourth-order valence-corrected chi connectivity index (χ4v) is 5.31. The monoisotopic (exact) mass is 395 g/mol. The number of nitrogens with zero attached hydrogens (tertiary/aromatic N) is 1. The Morgan fingerprint density at radius 2 is 2.10 bits per heavy atom. The minimum atomic E-state index is -3.79. The van der Waals surface area contributed by atoms with E-state index in [2.05, 4.69) is 15.9 Å². The van der Waals surface area contributed by atoms with Gasteiger partial charge in [-0.15, -0.1) is 0 Å². The van der Waals surface area contributed by atoms with Crippen LogP contribution < -0.4 is 0 Å². The molecule has 0 spiro atoms. The van der Waals surface area contributed by atoms with Gasteiger partial charge in [-0.2, -0.15) is 4.31 Å². The normalized spacial score (nSPS) is 24.0. The lowest BCUT2D eigenvalue weighted by Gasteiger charge is -2.35. The molecule has 1 heterocycles. The predicted molar refractivity (Wildman–Crippen MR) is 82.9 cm³/mol. The van der Waals surface area contributed by atoms with E-state index >= 15 is 0 Å². The Kier molecular flexibility index (Phi) is 4.97. The molecule has 1 saturated heterocycles. The Hall–Kier alpha value is -0.630. The molecule has 21 heavy (non-hydrogen) atoms. The first-order valence-corrected chi connectivity index (χ1v) is 9.04. The summed E-state index contributed by atoms with van der Waals surface area (Å²) in [6, 6.07) is 4.29. The van der Waals surface area contributed by atoms with Crippen molar-refractivity contribution in [3.8, 4) is 0 Å². The number of carboxylic acid groups (broad SMARTS) is 1. The van der Waals surface area contributed by atoms with E-state index in [4.69, 9.17) is 16.7 Å². The summed E-state index contributed by atoms with van der Waals surface area (Å²) in [4.78, 5) is 11.2. The zero-order valence-corrected chi connectivity index (χ0v) is 14.4. The summed E-state index contributed by atoms with van der Waals surface area (Å²) in [5.74, 6) is -1.64. The molecular weight excluding hydrogens is 382 g/mol. The number of halogens is 2. The van der Waals surface area contributed by atoms with E-state index < -0.39 is 21.9 Å². The number of benzene rings is 1. The van der Waals surface area contributed by atoms with E-state index in [1.807, 2.05) is 0 Å². The van der Waals surface area contributed by atoms with Crippen LogP contribution in [-0.4, -0.2) is 36.4 Å². The van der Waals surface area contributed by atoms with E-state index in [-0.39, 0.29) is 17.5 Å². The van der Waals surface area contributed by atoms with Crippen LogP contribution in [0.2, 0.25) is 5.02 Å². The number of sulfonamides is 1. The van der Waals surface area contributed by atoms with Crippen molar-refractivity contribution in [2.45, 2.75) is 30.7 Å². The van der Waals surface area contributed by atoms with Crippen LogP contribution in [0.15, 0.2) is 27.6 Å². The van der Waals surface area contributed by atoms with Crippen molar-refractivity contribution in [1.82, 2.24) is 4.31 Å². The minimum absolute atomic E-state index is 0.0161. The molecule has 1 aromatic carbocycles. The smallest absolute Gasteiger partial charge is 0.307 e. The van der Waals surface area contributed by atoms with Crippen molar-refractivity contribution >= 4 is 43.5 Å². The summed E-state index contributed by atoms with van der Waals surface area (Å²) in [7, 11) is -3.79. The Morgan fingerprint density at radius 3 is 2.71 bits per heavy atom. The van der Waals surface area contributed by atoms with E-state index in [1.165, 1.54) is 10.4 Å². The first kappa shape index (κ1) is 16.7. The van der Waals surface area contributed by atoms with Gasteiger partial charge in [-0.1, -0.05) is 11.6 Å². The summed E-state index contributed by atoms with van der Waals surface area (Å²) in [6.07, 6.45) is 1.01. The molecule has 2 atom stereocenters. The maximum absolute atomic E-state index is 12.8. The van der Waals surface area contributed by atoms with Gasteiger partial charge in [0.25, 0.3) is 0 Å². The fourth-order valence-electron chi connectivity index (χ4n) is 2.41. The molecule has 0 saturated carbocycles. The van der Waals surface area contributed by atoms with Crippen LogP contribution in [-0.2, 0) is 14.8 Å². The van der Waals surface area contributed by atoms with Gasteiger partial charge in [0.2, 0.25) is 10.0 Å². The number of aliphatic carboxylic acids is 1. The largest absolute Gasteiger partial charge is 0.481 e. The average Bonchev–Trinajstić information content (AvgIpc) is 2.41. The molecule has 1 aliphatic rings. The second-order valence-electron chi connectivity index (χ2n) is 5.11.